The maximum absolute atomic E-state index is 12.8. The number of carbonyl (C=O) groups excluding carboxylic acids is 1. The molecule has 1 fully saturated rings. The first-order valence-electron chi connectivity index (χ1n) is 10.8. The number of fused-ring (bicyclic) bond motifs is 1. The van der Waals surface area contributed by atoms with E-state index in [1.807, 2.05) is 34.6 Å². The van der Waals surface area contributed by atoms with Crippen LogP contribution in [0.3, 0.4) is 0 Å². The Hall–Kier alpha value is -3.40. The quantitative estimate of drug-likeness (QED) is 0.556. The van der Waals surface area contributed by atoms with Crippen LogP contribution >= 0.6 is 0 Å². The number of benzene rings is 1. The summed E-state index contributed by atoms with van der Waals surface area (Å²) >= 11 is 0. The van der Waals surface area contributed by atoms with Crippen molar-refractivity contribution in [2.24, 2.45) is 7.05 Å². The number of piperazine rings is 1. The van der Waals surface area contributed by atoms with E-state index < -0.39 is 11.2 Å². The molecule has 1 aliphatic heterocycles. The topological polar surface area (TPSA) is 105 Å². The third kappa shape index (κ3) is 4.31. The van der Waals surface area contributed by atoms with Gasteiger partial charge in [-0.3, -0.25) is 28.6 Å². The maximum atomic E-state index is 12.8. The summed E-state index contributed by atoms with van der Waals surface area (Å²) in [6.45, 7) is 7.52. The van der Waals surface area contributed by atoms with Gasteiger partial charge in [0.05, 0.1) is 19.7 Å². The van der Waals surface area contributed by atoms with Crippen molar-refractivity contribution in [2.75, 3.05) is 44.2 Å². The second kappa shape index (κ2) is 8.99. The fourth-order valence-electron chi connectivity index (χ4n) is 4.10. The highest BCUT2D eigenvalue weighted by Gasteiger charge is 2.26. The van der Waals surface area contributed by atoms with Crippen LogP contribution in [-0.2, 0) is 23.1 Å². The van der Waals surface area contributed by atoms with E-state index in [9.17, 15) is 14.4 Å². The summed E-state index contributed by atoms with van der Waals surface area (Å²) in [5.74, 6) is 0.415. The first-order chi connectivity index (χ1) is 15.4. The lowest BCUT2D eigenvalue weighted by Crippen LogP contribution is -2.49. The minimum atomic E-state index is -0.492. The molecule has 0 unspecified atom stereocenters. The molecule has 1 saturated heterocycles. The van der Waals surface area contributed by atoms with E-state index in [1.54, 1.807) is 14.0 Å². The SMILES string of the molecule is CCOC(=O)CN1CCN(c2nc3c(c(=O)[nH]c(=O)n3C)n2Cc2cccc(C)c2)CC1. The van der Waals surface area contributed by atoms with Gasteiger partial charge in [0.15, 0.2) is 11.2 Å². The molecular weight excluding hydrogens is 412 g/mol. The second-order valence-corrected chi connectivity index (χ2v) is 8.05. The van der Waals surface area contributed by atoms with Crippen LogP contribution in [-0.4, -0.2) is 69.3 Å². The molecule has 3 aromatic rings. The predicted molar refractivity (Wildman–Crippen MR) is 121 cm³/mol. The van der Waals surface area contributed by atoms with Gasteiger partial charge in [0.2, 0.25) is 5.95 Å². The highest BCUT2D eigenvalue weighted by molar-refractivity contribution is 5.75. The van der Waals surface area contributed by atoms with Crippen LogP contribution in [0.4, 0.5) is 5.95 Å². The molecule has 0 atom stereocenters. The van der Waals surface area contributed by atoms with Crippen LogP contribution in [0.25, 0.3) is 11.2 Å². The largest absolute Gasteiger partial charge is 0.465 e. The molecule has 0 amide bonds. The molecule has 170 valence electrons. The first-order valence-corrected chi connectivity index (χ1v) is 10.8. The van der Waals surface area contributed by atoms with Crippen LogP contribution in [0.15, 0.2) is 33.9 Å². The van der Waals surface area contributed by atoms with E-state index >= 15 is 0 Å². The van der Waals surface area contributed by atoms with Crippen molar-refractivity contribution in [3.05, 3.63) is 56.2 Å². The Morgan fingerprint density at radius 1 is 1.19 bits per heavy atom. The van der Waals surface area contributed by atoms with E-state index in [0.29, 0.717) is 56.4 Å². The number of aryl methyl sites for hydroxylation is 2. The summed E-state index contributed by atoms with van der Waals surface area (Å²) in [5, 5.41) is 0. The smallest absolute Gasteiger partial charge is 0.329 e. The lowest BCUT2D eigenvalue weighted by molar-refractivity contribution is -0.144. The Morgan fingerprint density at radius 3 is 2.62 bits per heavy atom. The third-order valence-electron chi connectivity index (χ3n) is 5.72. The number of aromatic amines is 1. The Morgan fingerprint density at radius 2 is 1.94 bits per heavy atom. The summed E-state index contributed by atoms with van der Waals surface area (Å²) < 4.78 is 8.29. The molecule has 1 aliphatic rings. The van der Waals surface area contributed by atoms with Gasteiger partial charge in [-0.25, -0.2) is 4.79 Å². The number of aromatic nitrogens is 4. The molecule has 3 heterocycles. The van der Waals surface area contributed by atoms with Crippen molar-refractivity contribution in [1.82, 2.24) is 24.0 Å². The fraction of sp³-hybridized carbons (Fsp3) is 0.455. The van der Waals surface area contributed by atoms with Gasteiger partial charge in [0.25, 0.3) is 5.56 Å². The van der Waals surface area contributed by atoms with Gasteiger partial charge in [0, 0.05) is 33.2 Å². The zero-order valence-electron chi connectivity index (χ0n) is 18.6. The number of rotatable bonds is 6. The monoisotopic (exact) mass is 440 g/mol. The molecule has 0 aliphatic carbocycles. The molecular formula is C22H28N6O4. The Balaban J connectivity index is 1.69. The van der Waals surface area contributed by atoms with Crippen LogP contribution in [0.2, 0.25) is 0 Å². The Bertz CT molecular complexity index is 1250. The van der Waals surface area contributed by atoms with E-state index in [-0.39, 0.29) is 12.5 Å². The van der Waals surface area contributed by atoms with E-state index in [2.05, 4.69) is 16.0 Å². The molecule has 32 heavy (non-hydrogen) atoms. The zero-order valence-corrected chi connectivity index (χ0v) is 18.6. The molecule has 2 aromatic heterocycles. The van der Waals surface area contributed by atoms with Crippen molar-refractivity contribution in [1.29, 1.82) is 0 Å². The van der Waals surface area contributed by atoms with E-state index in [0.717, 1.165) is 11.1 Å². The summed E-state index contributed by atoms with van der Waals surface area (Å²) in [7, 11) is 1.60. The summed E-state index contributed by atoms with van der Waals surface area (Å²) in [6, 6.07) is 8.09. The second-order valence-electron chi connectivity index (χ2n) is 8.05. The number of ether oxygens (including phenoxy) is 1. The maximum Gasteiger partial charge on any atom is 0.329 e. The van der Waals surface area contributed by atoms with Gasteiger partial charge in [-0.1, -0.05) is 29.8 Å². The minimum absolute atomic E-state index is 0.228. The number of H-pyrrole nitrogens is 1. The van der Waals surface area contributed by atoms with Crippen molar-refractivity contribution >= 4 is 23.1 Å². The van der Waals surface area contributed by atoms with Gasteiger partial charge in [-0.15, -0.1) is 0 Å². The number of hydrogen-bond donors (Lipinski definition) is 1. The average Bonchev–Trinajstić information content (AvgIpc) is 3.13. The number of carbonyl (C=O) groups is 1. The fourth-order valence-corrected chi connectivity index (χ4v) is 4.10. The van der Waals surface area contributed by atoms with Gasteiger partial charge in [0.1, 0.15) is 0 Å². The molecule has 1 N–H and O–H groups in total. The Labute approximate surface area is 185 Å². The summed E-state index contributed by atoms with van der Waals surface area (Å²) in [4.78, 5) is 48.0. The average molecular weight is 441 g/mol. The summed E-state index contributed by atoms with van der Waals surface area (Å²) in [5.41, 5.74) is 1.96. The van der Waals surface area contributed by atoms with Crippen molar-refractivity contribution in [3.63, 3.8) is 0 Å². The number of imidazole rings is 1. The zero-order chi connectivity index (χ0) is 22.8. The van der Waals surface area contributed by atoms with Crippen LogP contribution in [0, 0.1) is 6.92 Å². The molecule has 10 heteroatoms. The highest BCUT2D eigenvalue weighted by Crippen LogP contribution is 2.22. The standard InChI is InChI=1S/C22H28N6O4/c1-4-32-17(29)14-26-8-10-27(11-9-26)21-23-19-18(20(30)24-22(31)25(19)3)28(21)13-16-7-5-6-15(2)12-16/h5-7,12H,4,8-11,13-14H2,1-3H3,(H,24,30,31). The number of anilines is 1. The lowest BCUT2D eigenvalue weighted by Gasteiger charge is -2.34. The first kappa shape index (κ1) is 21.8. The molecule has 0 radical (unpaired) electrons. The van der Waals surface area contributed by atoms with Crippen LogP contribution in [0.1, 0.15) is 18.1 Å². The molecule has 1 aromatic carbocycles. The van der Waals surface area contributed by atoms with E-state index in [1.165, 1.54) is 4.57 Å². The van der Waals surface area contributed by atoms with E-state index in [4.69, 9.17) is 9.72 Å². The molecule has 0 bridgehead atoms. The molecule has 0 spiro atoms. The summed E-state index contributed by atoms with van der Waals surface area (Å²) in [6.07, 6.45) is 0. The van der Waals surface area contributed by atoms with Gasteiger partial charge < -0.3 is 9.64 Å². The van der Waals surface area contributed by atoms with Crippen molar-refractivity contribution < 1.29 is 9.53 Å². The van der Waals surface area contributed by atoms with Gasteiger partial charge in [-0.2, -0.15) is 4.98 Å². The molecule has 10 nitrogen and oxygen atoms in total. The molecule has 4 rings (SSSR count). The number of esters is 1. The third-order valence-corrected chi connectivity index (χ3v) is 5.72. The van der Waals surface area contributed by atoms with Gasteiger partial charge in [-0.05, 0) is 19.4 Å². The van der Waals surface area contributed by atoms with Crippen molar-refractivity contribution in [2.45, 2.75) is 20.4 Å². The molecule has 0 saturated carbocycles. The lowest BCUT2D eigenvalue weighted by atomic mass is 10.1. The van der Waals surface area contributed by atoms with Gasteiger partial charge >= 0.3 is 11.7 Å². The minimum Gasteiger partial charge on any atom is -0.465 e. The Kier molecular flexibility index (Phi) is 6.13. The van der Waals surface area contributed by atoms with Crippen LogP contribution < -0.4 is 16.1 Å². The normalized spacial score (nSPS) is 14.8. The number of hydrogen-bond acceptors (Lipinski definition) is 7. The number of nitrogens with one attached hydrogen (secondary N) is 1. The number of nitrogens with zero attached hydrogens (tertiary/aromatic N) is 5. The van der Waals surface area contributed by atoms with Crippen molar-refractivity contribution in [3.8, 4) is 0 Å². The predicted octanol–water partition coefficient (Wildman–Crippen LogP) is 0.465. The van der Waals surface area contributed by atoms with Crippen LogP contribution in [0.5, 0.6) is 0 Å². The highest BCUT2D eigenvalue weighted by atomic mass is 16.5.